The summed E-state index contributed by atoms with van der Waals surface area (Å²) in [5.74, 6) is -1.02. The minimum absolute atomic E-state index is 0.0441. The molecule has 1 aromatic carbocycles. The Morgan fingerprint density at radius 1 is 1.07 bits per heavy atom. The van der Waals surface area contributed by atoms with Crippen molar-refractivity contribution in [3.63, 3.8) is 0 Å². The lowest BCUT2D eigenvalue weighted by molar-refractivity contribution is 0.614. The van der Waals surface area contributed by atoms with Crippen LogP contribution in [0.3, 0.4) is 0 Å². The van der Waals surface area contributed by atoms with Crippen molar-refractivity contribution in [3.8, 4) is 0 Å². The number of pyridine rings is 1. The maximum Gasteiger partial charge on any atom is 0.149 e. The summed E-state index contributed by atoms with van der Waals surface area (Å²) in [4.78, 5) is 4.00. The second-order valence-corrected chi connectivity index (χ2v) is 4.66. The van der Waals surface area contributed by atoms with Crippen molar-refractivity contribution in [2.75, 3.05) is 0 Å². The molecule has 0 unspecified atom stereocenters. The summed E-state index contributed by atoms with van der Waals surface area (Å²) < 4.78 is 28.0. The fourth-order valence-electron chi connectivity index (χ4n) is 1.34. The quantitative estimate of drug-likeness (QED) is 0.697. The molecule has 2 rings (SSSR count). The number of rotatable bonds is 0. The van der Waals surface area contributed by atoms with E-state index in [1.54, 1.807) is 6.92 Å². The zero-order valence-corrected chi connectivity index (χ0v) is 10.8. The fraction of sp³-hybridized carbons (Fsp3) is 0.100. The molecule has 1 heterocycles. The molecule has 0 saturated carbocycles. The van der Waals surface area contributed by atoms with Crippen LogP contribution in [-0.4, -0.2) is 4.98 Å². The molecule has 1 nitrogen and oxygen atoms in total. The van der Waals surface area contributed by atoms with E-state index in [9.17, 15) is 8.78 Å². The third-order valence-electron chi connectivity index (χ3n) is 2.09. The minimum atomic E-state index is -0.525. The number of aryl methyl sites for hydroxylation is 1. The van der Waals surface area contributed by atoms with Crippen molar-refractivity contribution >= 4 is 42.8 Å². The molecular formula is C10H5Br2F2N. The van der Waals surface area contributed by atoms with Crippen molar-refractivity contribution in [1.29, 1.82) is 0 Å². The molecule has 0 atom stereocenters. The van der Waals surface area contributed by atoms with Gasteiger partial charge in [-0.3, -0.25) is 0 Å². The van der Waals surface area contributed by atoms with E-state index in [1.807, 2.05) is 0 Å². The number of nitrogens with zero attached hydrogens (tertiary/aromatic N) is 1. The van der Waals surface area contributed by atoms with Crippen LogP contribution in [-0.2, 0) is 0 Å². The van der Waals surface area contributed by atoms with Crippen LogP contribution >= 0.6 is 31.9 Å². The monoisotopic (exact) mass is 335 g/mol. The van der Waals surface area contributed by atoms with Gasteiger partial charge in [0.1, 0.15) is 17.2 Å². The summed E-state index contributed by atoms with van der Waals surface area (Å²) in [5, 5.41) is 0.160. The molecule has 0 N–H and O–H groups in total. The van der Waals surface area contributed by atoms with E-state index in [2.05, 4.69) is 36.8 Å². The maximum atomic E-state index is 13.5. The van der Waals surface area contributed by atoms with E-state index in [0.717, 1.165) is 12.1 Å². The van der Waals surface area contributed by atoms with Crippen molar-refractivity contribution in [2.45, 2.75) is 6.92 Å². The molecule has 15 heavy (non-hydrogen) atoms. The first-order valence-electron chi connectivity index (χ1n) is 4.11. The van der Waals surface area contributed by atoms with E-state index >= 15 is 0 Å². The highest BCUT2D eigenvalue weighted by Gasteiger charge is 2.14. The summed E-state index contributed by atoms with van der Waals surface area (Å²) in [5.41, 5.74) is 0.654. The summed E-state index contributed by atoms with van der Waals surface area (Å²) in [7, 11) is 0. The average Bonchev–Trinajstić information content (AvgIpc) is 2.20. The molecule has 1 aromatic heterocycles. The van der Waals surface area contributed by atoms with Crippen molar-refractivity contribution in [3.05, 3.63) is 38.4 Å². The molecule has 0 bridgehead atoms. The Morgan fingerprint density at radius 2 is 1.67 bits per heavy atom. The number of halogens is 4. The first kappa shape index (κ1) is 11.0. The molecule has 0 aliphatic carbocycles. The van der Waals surface area contributed by atoms with E-state index in [1.165, 1.54) is 0 Å². The number of fused-ring (bicyclic) bond motifs is 1. The van der Waals surface area contributed by atoms with Gasteiger partial charge in [-0.25, -0.2) is 13.8 Å². The lowest BCUT2D eigenvalue weighted by Gasteiger charge is -2.07. The van der Waals surface area contributed by atoms with E-state index < -0.39 is 11.6 Å². The van der Waals surface area contributed by atoms with Gasteiger partial charge < -0.3 is 0 Å². The Balaban J connectivity index is 3.04. The van der Waals surface area contributed by atoms with Gasteiger partial charge in [-0.05, 0) is 50.9 Å². The Hall–Kier alpha value is -0.550. The lowest BCUT2D eigenvalue weighted by Crippen LogP contribution is -1.93. The molecule has 0 saturated heterocycles. The van der Waals surface area contributed by atoms with Gasteiger partial charge in [0.05, 0.1) is 15.6 Å². The minimum Gasteiger partial charge on any atom is -0.249 e. The predicted octanol–water partition coefficient (Wildman–Crippen LogP) is 4.35. The first-order valence-corrected chi connectivity index (χ1v) is 5.70. The Kier molecular flexibility index (Phi) is 2.77. The topological polar surface area (TPSA) is 12.9 Å². The van der Waals surface area contributed by atoms with Crippen LogP contribution in [0.25, 0.3) is 10.9 Å². The number of aromatic nitrogens is 1. The van der Waals surface area contributed by atoms with Crippen molar-refractivity contribution in [1.82, 2.24) is 4.98 Å². The largest absolute Gasteiger partial charge is 0.249 e. The molecule has 2 aromatic rings. The second-order valence-electron chi connectivity index (χ2n) is 3.08. The van der Waals surface area contributed by atoms with Crippen LogP contribution in [0, 0.1) is 18.6 Å². The fourth-order valence-corrected chi connectivity index (χ4v) is 2.30. The predicted molar refractivity (Wildman–Crippen MR) is 61.8 cm³/mol. The maximum absolute atomic E-state index is 13.5. The Labute approximate surface area is 102 Å². The average molecular weight is 337 g/mol. The van der Waals surface area contributed by atoms with Gasteiger partial charge >= 0.3 is 0 Å². The Morgan fingerprint density at radius 3 is 2.33 bits per heavy atom. The number of hydrogen-bond donors (Lipinski definition) is 0. The van der Waals surface area contributed by atoms with Gasteiger partial charge in [-0.1, -0.05) is 0 Å². The zero-order chi connectivity index (χ0) is 11.2. The number of hydrogen-bond acceptors (Lipinski definition) is 1. The molecule has 78 valence electrons. The molecule has 0 radical (unpaired) electrons. The van der Waals surface area contributed by atoms with Gasteiger partial charge in [-0.15, -0.1) is 0 Å². The van der Waals surface area contributed by atoms with E-state index in [0.29, 0.717) is 14.6 Å². The molecule has 5 heteroatoms. The van der Waals surface area contributed by atoms with Gasteiger partial charge in [0.25, 0.3) is 0 Å². The van der Waals surface area contributed by atoms with Crippen LogP contribution in [0.1, 0.15) is 5.69 Å². The summed E-state index contributed by atoms with van der Waals surface area (Å²) in [6.45, 7) is 1.72. The summed E-state index contributed by atoms with van der Waals surface area (Å²) in [6.07, 6.45) is 0. The van der Waals surface area contributed by atoms with Crippen LogP contribution < -0.4 is 0 Å². The van der Waals surface area contributed by atoms with Gasteiger partial charge in [0, 0.05) is 4.47 Å². The summed E-state index contributed by atoms with van der Waals surface area (Å²) >= 11 is 6.48. The van der Waals surface area contributed by atoms with Crippen molar-refractivity contribution < 1.29 is 8.78 Å². The molecule has 0 fully saturated rings. The summed E-state index contributed by atoms with van der Waals surface area (Å²) in [6, 6.07) is 2.16. The Bertz CT molecular complexity index is 555. The van der Waals surface area contributed by atoms with Gasteiger partial charge in [-0.2, -0.15) is 0 Å². The third kappa shape index (κ3) is 1.67. The van der Waals surface area contributed by atoms with E-state index in [-0.39, 0.29) is 10.9 Å². The van der Waals surface area contributed by atoms with Crippen LogP contribution in [0.4, 0.5) is 8.78 Å². The third-order valence-corrected chi connectivity index (χ3v) is 4.38. The van der Waals surface area contributed by atoms with Crippen LogP contribution in [0.5, 0.6) is 0 Å². The van der Waals surface area contributed by atoms with Crippen LogP contribution in [0.15, 0.2) is 21.1 Å². The van der Waals surface area contributed by atoms with Gasteiger partial charge in [0.15, 0.2) is 0 Å². The van der Waals surface area contributed by atoms with Crippen LogP contribution in [0.2, 0.25) is 0 Å². The lowest BCUT2D eigenvalue weighted by atomic mass is 10.2. The van der Waals surface area contributed by atoms with Crippen molar-refractivity contribution in [2.24, 2.45) is 0 Å². The van der Waals surface area contributed by atoms with Gasteiger partial charge in [0.2, 0.25) is 0 Å². The van der Waals surface area contributed by atoms with E-state index in [4.69, 9.17) is 0 Å². The highest BCUT2D eigenvalue weighted by molar-refractivity contribution is 9.13. The molecule has 0 amide bonds. The molecular weight excluding hydrogens is 332 g/mol. The number of benzene rings is 1. The smallest absolute Gasteiger partial charge is 0.149 e. The normalized spacial score (nSPS) is 11.0. The molecule has 0 aliphatic rings. The highest BCUT2D eigenvalue weighted by atomic mass is 79.9. The molecule has 0 aliphatic heterocycles. The molecule has 0 spiro atoms. The zero-order valence-electron chi connectivity index (χ0n) is 7.61. The standard InChI is InChI=1S/C10H5Br2F2N/c1-4-8(11)9(12)7-5(13)2-3-6(14)10(7)15-4/h2-3H,1H3. The highest BCUT2D eigenvalue weighted by Crippen LogP contribution is 2.34. The first-order chi connectivity index (χ1) is 7.02. The second kappa shape index (κ2) is 3.79. The SMILES string of the molecule is Cc1nc2c(F)ccc(F)c2c(Br)c1Br.